The molecule has 3 aromatic carbocycles. The molecule has 0 unspecified atom stereocenters. The molecule has 0 bridgehead atoms. The average Bonchev–Trinajstić information content (AvgIpc) is 2.81. The summed E-state index contributed by atoms with van der Waals surface area (Å²) in [6.07, 6.45) is 1.32. The lowest BCUT2D eigenvalue weighted by Crippen LogP contribution is -2.54. The first-order valence-electron chi connectivity index (χ1n) is 10.9. The molecule has 8 nitrogen and oxygen atoms in total. The highest BCUT2D eigenvalue weighted by atomic mass is 35.5. The molecule has 0 aliphatic carbocycles. The molecular weight excluding hydrogens is 484 g/mol. The van der Waals surface area contributed by atoms with E-state index in [0.29, 0.717) is 17.9 Å². The number of carboxylic acids is 1. The van der Waals surface area contributed by atoms with E-state index >= 15 is 0 Å². The van der Waals surface area contributed by atoms with E-state index < -0.39 is 23.8 Å². The normalized spacial score (nSPS) is 14.7. The first kappa shape index (κ1) is 24.7. The highest BCUT2D eigenvalue weighted by Gasteiger charge is 2.36. The number of carbonyl (C=O) groups excluding carboxylic acids is 3. The number of hydrogen-bond donors (Lipinski definition) is 2. The van der Waals surface area contributed by atoms with E-state index in [1.807, 2.05) is 26.0 Å². The summed E-state index contributed by atoms with van der Waals surface area (Å²) in [7, 11) is 0. The van der Waals surface area contributed by atoms with Crippen LogP contribution in [0.4, 0.5) is 10.5 Å². The number of ether oxygens (including phenoxy) is 1. The summed E-state index contributed by atoms with van der Waals surface area (Å²) in [4.78, 5) is 49.7. The topological polar surface area (TPSA) is 113 Å². The molecule has 3 aromatic rings. The third-order valence-corrected chi connectivity index (χ3v) is 5.71. The number of nitrogens with zero attached hydrogens (tertiary/aromatic N) is 1. The maximum Gasteiger partial charge on any atom is 0.335 e. The molecule has 1 aliphatic heterocycles. The molecule has 4 amide bonds. The Morgan fingerprint density at radius 1 is 1.00 bits per heavy atom. The smallest absolute Gasteiger partial charge is 0.335 e. The Hall–Kier alpha value is -4.43. The number of amides is 4. The van der Waals surface area contributed by atoms with Crippen molar-refractivity contribution in [3.05, 3.63) is 99.1 Å². The Morgan fingerprint density at radius 3 is 2.28 bits per heavy atom. The summed E-state index contributed by atoms with van der Waals surface area (Å²) >= 11 is 6.38. The number of benzene rings is 3. The van der Waals surface area contributed by atoms with Crippen molar-refractivity contribution in [1.29, 1.82) is 0 Å². The SMILES string of the molecule is Cc1cc(C)cc(COc2ccc(/C=C3\C(=O)NC(=O)N(c4ccc(C(=O)O)cc4)C3=O)cc2Cl)c1. The minimum atomic E-state index is -1.15. The van der Waals surface area contributed by atoms with Crippen LogP contribution in [-0.2, 0) is 16.2 Å². The van der Waals surface area contributed by atoms with Crippen molar-refractivity contribution in [1.82, 2.24) is 5.32 Å². The second kappa shape index (κ2) is 10.1. The number of aryl methyl sites for hydroxylation is 2. The van der Waals surface area contributed by atoms with Crippen LogP contribution in [-0.4, -0.2) is 28.9 Å². The van der Waals surface area contributed by atoms with Gasteiger partial charge in [0, 0.05) is 0 Å². The molecule has 9 heteroatoms. The van der Waals surface area contributed by atoms with E-state index in [1.54, 1.807) is 18.2 Å². The van der Waals surface area contributed by atoms with Crippen molar-refractivity contribution in [2.45, 2.75) is 20.5 Å². The molecular formula is C27H21ClN2O6. The molecule has 0 atom stereocenters. The third kappa shape index (κ3) is 5.29. The highest BCUT2D eigenvalue weighted by molar-refractivity contribution is 6.39. The number of anilines is 1. The van der Waals surface area contributed by atoms with Crippen LogP contribution < -0.4 is 15.0 Å². The van der Waals surface area contributed by atoms with Gasteiger partial charge in [0.2, 0.25) is 0 Å². The molecule has 4 rings (SSSR count). The Labute approximate surface area is 211 Å². The minimum absolute atomic E-state index is 0.00931. The van der Waals surface area contributed by atoms with Crippen molar-refractivity contribution in [2.24, 2.45) is 0 Å². The molecule has 1 heterocycles. The quantitative estimate of drug-likeness (QED) is 0.364. The number of aromatic carboxylic acids is 1. The molecule has 0 radical (unpaired) electrons. The number of carbonyl (C=O) groups is 4. The zero-order valence-electron chi connectivity index (χ0n) is 19.4. The zero-order chi connectivity index (χ0) is 26.0. The number of imide groups is 2. The van der Waals surface area contributed by atoms with Crippen molar-refractivity contribution in [3.63, 3.8) is 0 Å². The number of nitrogens with one attached hydrogen (secondary N) is 1. The van der Waals surface area contributed by atoms with Gasteiger partial charge in [0.05, 0.1) is 16.3 Å². The summed E-state index contributed by atoms with van der Waals surface area (Å²) in [5, 5.41) is 11.5. The fraction of sp³-hybridized carbons (Fsp3) is 0.111. The highest BCUT2D eigenvalue weighted by Crippen LogP contribution is 2.29. The number of barbiturate groups is 1. The lowest BCUT2D eigenvalue weighted by atomic mass is 10.1. The lowest BCUT2D eigenvalue weighted by molar-refractivity contribution is -0.122. The Kier molecular flexibility index (Phi) is 6.89. The van der Waals surface area contributed by atoms with Gasteiger partial charge < -0.3 is 9.84 Å². The molecule has 36 heavy (non-hydrogen) atoms. The van der Waals surface area contributed by atoms with Crippen molar-refractivity contribution < 1.29 is 29.0 Å². The van der Waals surface area contributed by atoms with Crippen LogP contribution in [0.2, 0.25) is 5.02 Å². The minimum Gasteiger partial charge on any atom is -0.487 e. The number of rotatable bonds is 6. The van der Waals surface area contributed by atoms with Gasteiger partial charge in [-0.05, 0) is 67.4 Å². The summed E-state index contributed by atoms with van der Waals surface area (Å²) in [5.41, 5.74) is 3.54. The van der Waals surface area contributed by atoms with Crippen LogP contribution in [0.5, 0.6) is 5.75 Å². The Bertz CT molecular complexity index is 1410. The van der Waals surface area contributed by atoms with Crippen LogP contribution >= 0.6 is 11.6 Å². The Balaban J connectivity index is 1.55. The van der Waals surface area contributed by atoms with Gasteiger partial charge in [0.15, 0.2) is 0 Å². The number of hydrogen-bond acceptors (Lipinski definition) is 5. The van der Waals surface area contributed by atoms with Crippen LogP contribution in [0.3, 0.4) is 0 Å². The molecule has 0 aromatic heterocycles. The second-order valence-electron chi connectivity index (χ2n) is 8.28. The molecule has 0 saturated carbocycles. The third-order valence-electron chi connectivity index (χ3n) is 5.42. The molecule has 1 aliphatic rings. The fourth-order valence-electron chi connectivity index (χ4n) is 3.85. The summed E-state index contributed by atoms with van der Waals surface area (Å²) in [5.74, 6) is -2.41. The van der Waals surface area contributed by atoms with Gasteiger partial charge in [-0.2, -0.15) is 0 Å². The van der Waals surface area contributed by atoms with Gasteiger partial charge in [0.25, 0.3) is 11.8 Å². The van der Waals surface area contributed by atoms with Crippen LogP contribution in [0.15, 0.2) is 66.2 Å². The predicted octanol–water partition coefficient (Wildman–Crippen LogP) is 4.90. The number of carboxylic acid groups (broad SMARTS) is 1. The first-order valence-corrected chi connectivity index (χ1v) is 11.2. The molecule has 182 valence electrons. The van der Waals surface area contributed by atoms with Gasteiger partial charge in [-0.25, -0.2) is 14.5 Å². The van der Waals surface area contributed by atoms with Gasteiger partial charge in [-0.1, -0.05) is 47.0 Å². The molecule has 1 saturated heterocycles. The fourth-order valence-corrected chi connectivity index (χ4v) is 4.09. The number of halogens is 1. The largest absolute Gasteiger partial charge is 0.487 e. The molecule has 0 spiro atoms. The van der Waals surface area contributed by atoms with Crippen molar-refractivity contribution in [2.75, 3.05) is 4.90 Å². The molecule has 2 N–H and O–H groups in total. The maximum atomic E-state index is 13.0. The molecule has 1 fully saturated rings. The first-order chi connectivity index (χ1) is 17.1. The van der Waals surface area contributed by atoms with Crippen molar-refractivity contribution in [3.8, 4) is 5.75 Å². The van der Waals surface area contributed by atoms with Gasteiger partial charge in [0.1, 0.15) is 17.9 Å². The van der Waals surface area contributed by atoms with E-state index in [4.69, 9.17) is 21.4 Å². The standard InChI is InChI=1S/C27H21ClN2O6/c1-15-9-16(2)11-18(10-15)14-36-23-8-3-17(13-22(23)28)12-21-24(31)29-27(35)30(25(21)32)20-6-4-19(5-7-20)26(33)34/h3-13H,14H2,1-2H3,(H,33,34)(H,29,31,35)/b21-12+. The summed E-state index contributed by atoms with van der Waals surface area (Å²) in [6, 6.07) is 15.1. The Morgan fingerprint density at radius 2 is 1.67 bits per heavy atom. The van der Waals surface area contributed by atoms with Gasteiger partial charge in [-0.15, -0.1) is 0 Å². The van der Waals surface area contributed by atoms with Gasteiger partial charge in [-0.3, -0.25) is 14.9 Å². The van der Waals surface area contributed by atoms with E-state index in [-0.39, 0.29) is 21.8 Å². The average molecular weight is 505 g/mol. The van der Waals surface area contributed by atoms with Crippen LogP contribution in [0.1, 0.15) is 32.6 Å². The second-order valence-corrected chi connectivity index (χ2v) is 8.69. The van der Waals surface area contributed by atoms with E-state index in [2.05, 4.69) is 11.4 Å². The zero-order valence-corrected chi connectivity index (χ0v) is 20.1. The summed E-state index contributed by atoms with van der Waals surface area (Å²) in [6.45, 7) is 4.34. The van der Waals surface area contributed by atoms with E-state index in [1.165, 1.54) is 30.3 Å². The van der Waals surface area contributed by atoms with Crippen LogP contribution in [0, 0.1) is 13.8 Å². The maximum absolute atomic E-state index is 13.0. The van der Waals surface area contributed by atoms with Crippen LogP contribution in [0.25, 0.3) is 6.08 Å². The lowest BCUT2D eigenvalue weighted by Gasteiger charge is -2.26. The summed E-state index contributed by atoms with van der Waals surface area (Å²) < 4.78 is 5.84. The van der Waals surface area contributed by atoms with E-state index in [0.717, 1.165) is 21.6 Å². The van der Waals surface area contributed by atoms with Gasteiger partial charge >= 0.3 is 12.0 Å². The number of urea groups is 1. The monoisotopic (exact) mass is 504 g/mol. The van der Waals surface area contributed by atoms with E-state index in [9.17, 15) is 19.2 Å². The van der Waals surface area contributed by atoms with Crippen molar-refractivity contribution >= 4 is 47.2 Å². The predicted molar refractivity (Wildman–Crippen MR) is 134 cm³/mol.